The van der Waals surface area contributed by atoms with Gasteiger partial charge in [-0.15, -0.1) is 28.1 Å². The normalized spacial score (nSPS) is 11.2. The van der Waals surface area contributed by atoms with Gasteiger partial charge in [-0.05, 0) is 23.6 Å². The van der Waals surface area contributed by atoms with E-state index in [2.05, 4.69) is 32.3 Å². The fraction of sp³-hybridized carbons (Fsp3) is 0.0952. The molecule has 0 unspecified atom stereocenters. The molecule has 0 atom stereocenters. The molecule has 0 radical (unpaired) electrons. The largest absolute Gasteiger partial charge is 0.308 e. The fourth-order valence-corrected chi connectivity index (χ4v) is 4.81. The van der Waals surface area contributed by atoms with E-state index in [4.69, 9.17) is 0 Å². The van der Waals surface area contributed by atoms with Crippen molar-refractivity contribution >= 4 is 51.5 Å². The number of nitrogens with zero attached hydrogens (tertiary/aromatic N) is 5. The highest BCUT2D eigenvalue weighted by atomic mass is 32.2. The molecule has 5 rings (SSSR count). The third-order valence-electron chi connectivity index (χ3n) is 4.75. The Labute approximate surface area is 189 Å². The first-order chi connectivity index (χ1) is 15.7. The highest BCUT2D eigenvalue weighted by Gasteiger charge is 2.17. The van der Waals surface area contributed by atoms with Gasteiger partial charge in [-0.25, -0.2) is 0 Å². The van der Waals surface area contributed by atoms with E-state index in [1.807, 2.05) is 35.7 Å². The van der Waals surface area contributed by atoms with Crippen LogP contribution in [-0.2, 0) is 11.3 Å². The summed E-state index contributed by atoms with van der Waals surface area (Å²) in [7, 11) is 0. The van der Waals surface area contributed by atoms with E-state index in [1.165, 1.54) is 16.3 Å². The van der Waals surface area contributed by atoms with Crippen molar-refractivity contribution in [3.8, 4) is 10.6 Å². The van der Waals surface area contributed by atoms with E-state index in [0.717, 1.165) is 10.6 Å². The van der Waals surface area contributed by atoms with E-state index >= 15 is 0 Å². The molecule has 11 heteroatoms. The molecule has 1 aromatic carbocycles. The Morgan fingerprint density at radius 3 is 2.94 bits per heavy atom. The summed E-state index contributed by atoms with van der Waals surface area (Å²) in [6, 6.07) is 13.0. The minimum atomic E-state index is -0.223. The van der Waals surface area contributed by atoms with E-state index < -0.39 is 0 Å². The molecule has 0 saturated heterocycles. The molecule has 5 aromatic rings. The van der Waals surface area contributed by atoms with Crippen molar-refractivity contribution in [2.24, 2.45) is 0 Å². The van der Waals surface area contributed by atoms with Crippen molar-refractivity contribution in [1.82, 2.24) is 29.4 Å². The average molecular weight is 464 g/mol. The summed E-state index contributed by atoms with van der Waals surface area (Å²) in [5, 5.41) is 21.3. The molecule has 160 valence electrons. The minimum Gasteiger partial charge on any atom is -0.308 e. The fourth-order valence-electron chi connectivity index (χ4n) is 3.37. The van der Waals surface area contributed by atoms with Crippen LogP contribution < -0.4 is 10.9 Å². The topological polar surface area (TPSA) is 110 Å². The number of benzene rings is 1. The third-order valence-corrected chi connectivity index (χ3v) is 6.59. The second-order valence-electron chi connectivity index (χ2n) is 6.82. The summed E-state index contributed by atoms with van der Waals surface area (Å²) in [4.78, 5) is 26.4. The molecule has 32 heavy (non-hydrogen) atoms. The number of amides is 1. The summed E-state index contributed by atoms with van der Waals surface area (Å²) in [5.74, 6) is 0.746. The molecule has 0 aliphatic rings. The maximum absolute atomic E-state index is 12.9. The Morgan fingerprint density at radius 2 is 2.12 bits per heavy atom. The number of rotatable bonds is 7. The van der Waals surface area contributed by atoms with Crippen molar-refractivity contribution in [3.05, 3.63) is 70.9 Å². The van der Waals surface area contributed by atoms with Gasteiger partial charge in [0.05, 0.1) is 27.2 Å². The first-order valence-corrected chi connectivity index (χ1v) is 11.5. The Balaban J connectivity index is 1.39. The zero-order valence-electron chi connectivity index (χ0n) is 16.7. The lowest BCUT2D eigenvalue weighted by atomic mass is 10.2. The maximum atomic E-state index is 12.9. The van der Waals surface area contributed by atoms with Crippen LogP contribution in [0, 0.1) is 0 Å². The number of allylic oxidation sites excluding steroid dienone is 1. The van der Waals surface area contributed by atoms with Crippen molar-refractivity contribution in [2.45, 2.75) is 11.7 Å². The van der Waals surface area contributed by atoms with Crippen LogP contribution >= 0.6 is 23.1 Å². The third kappa shape index (κ3) is 3.61. The predicted molar refractivity (Wildman–Crippen MR) is 126 cm³/mol. The van der Waals surface area contributed by atoms with E-state index in [0.29, 0.717) is 34.2 Å². The lowest BCUT2D eigenvalue weighted by Crippen LogP contribution is -2.22. The van der Waals surface area contributed by atoms with Gasteiger partial charge in [-0.3, -0.25) is 23.7 Å². The monoisotopic (exact) mass is 463 g/mol. The molecular formula is C21H17N7O2S2. The number of aromatic nitrogens is 6. The maximum Gasteiger partial charge on any atom is 0.263 e. The second kappa shape index (κ2) is 8.44. The molecule has 9 nitrogen and oxygen atoms in total. The number of nitrogens with one attached hydrogen (secondary N) is 2. The average Bonchev–Trinajstić information content (AvgIpc) is 3.56. The predicted octanol–water partition coefficient (Wildman–Crippen LogP) is 3.41. The SMILES string of the molecule is C=CCn1c(=O)c2ccccc2n2c(SCC(=O)Nc3cc(-c4cccs4)[nH]n3)nnc12. The lowest BCUT2D eigenvalue weighted by molar-refractivity contribution is -0.113. The zero-order valence-corrected chi connectivity index (χ0v) is 18.3. The van der Waals surface area contributed by atoms with Crippen LogP contribution in [-0.4, -0.2) is 41.0 Å². The summed E-state index contributed by atoms with van der Waals surface area (Å²) in [6.45, 7) is 4.03. The van der Waals surface area contributed by atoms with Crippen molar-refractivity contribution in [2.75, 3.05) is 11.1 Å². The summed E-state index contributed by atoms with van der Waals surface area (Å²) >= 11 is 2.82. The summed E-state index contributed by atoms with van der Waals surface area (Å²) < 4.78 is 3.31. The van der Waals surface area contributed by atoms with Crippen LogP contribution in [0.1, 0.15) is 0 Å². The number of hydrogen-bond donors (Lipinski definition) is 2. The van der Waals surface area contributed by atoms with Gasteiger partial charge in [0.15, 0.2) is 11.0 Å². The number of para-hydroxylation sites is 1. The number of thioether (sulfide) groups is 1. The van der Waals surface area contributed by atoms with Gasteiger partial charge in [0.25, 0.3) is 5.56 Å². The quantitative estimate of drug-likeness (QED) is 0.283. The molecule has 0 saturated carbocycles. The Hall–Kier alpha value is -3.70. The standard InChI is InChI=1S/C21H17N7O2S2/c1-2-9-27-19(30)13-6-3-4-7-15(13)28-20(27)25-26-21(28)32-12-18(29)22-17-11-14(23-24-17)16-8-5-10-31-16/h2-8,10-11H,1,9,12H2,(H2,22,23,24,29). The van der Waals surface area contributed by atoms with Gasteiger partial charge in [0.2, 0.25) is 11.7 Å². The molecule has 0 bridgehead atoms. The minimum absolute atomic E-state index is 0.108. The van der Waals surface area contributed by atoms with Gasteiger partial charge in [-0.2, -0.15) is 5.10 Å². The molecule has 0 fully saturated rings. The molecular weight excluding hydrogens is 446 g/mol. The molecule has 0 aliphatic carbocycles. The Morgan fingerprint density at radius 1 is 1.25 bits per heavy atom. The highest BCUT2D eigenvalue weighted by molar-refractivity contribution is 7.99. The van der Waals surface area contributed by atoms with Crippen LogP contribution in [0.3, 0.4) is 0 Å². The number of anilines is 1. The molecule has 4 aromatic heterocycles. The number of carbonyl (C=O) groups excluding carboxylic acids is 1. The van der Waals surface area contributed by atoms with Crippen LogP contribution in [0.5, 0.6) is 0 Å². The lowest BCUT2D eigenvalue weighted by Gasteiger charge is -2.09. The van der Waals surface area contributed by atoms with Gasteiger partial charge in [0.1, 0.15) is 0 Å². The van der Waals surface area contributed by atoms with Crippen molar-refractivity contribution in [3.63, 3.8) is 0 Å². The number of carbonyl (C=O) groups is 1. The molecule has 1 amide bonds. The van der Waals surface area contributed by atoms with Crippen LogP contribution in [0.15, 0.2) is 70.5 Å². The number of H-pyrrole nitrogens is 1. The van der Waals surface area contributed by atoms with Gasteiger partial charge >= 0.3 is 0 Å². The van der Waals surface area contributed by atoms with Gasteiger partial charge < -0.3 is 5.32 Å². The van der Waals surface area contributed by atoms with Crippen LogP contribution in [0.25, 0.3) is 27.3 Å². The van der Waals surface area contributed by atoms with Crippen molar-refractivity contribution < 1.29 is 4.79 Å². The summed E-state index contributed by atoms with van der Waals surface area (Å²) in [5.41, 5.74) is 1.38. The molecule has 0 aliphatic heterocycles. The highest BCUT2D eigenvalue weighted by Crippen LogP contribution is 2.25. The van der Waals surface area contributed by atoms with E-state index in [1.54, 1.807) is 33.9 Å². The first-order valence-electron chi connectivity index (χ1n) is 9.65. The number of fused-ring (bicyclic) bond motifs is 3. The second-order valence-corrected chi connectivity index (χ2v) is 8.71. The molecule has 0 spiro atoms. The number of thiophene rings is 1. The smallest absolute Gasteiger partial charge is 0.263 e. The van der Waals surface area contributed by atoms with Crippen LogP contribution in [0.4, 0.5) is 5.82 Å². The van der Waals surface area contributed by atoms with Crippen molar-refractivity contribution in [1.29, 1.82) is 0 Å². The first kappa shape index (κ1) is 20.2. The van der Waals surface area contributed by atoms with Gasteiger partial charge in [0, 0.05) is 12.6 Å². The van der Waals surface area contributed by atoms with Crippen LogP contribution in [0.2, 0.25) is 0 Å². The Kier molecular flexibility index (Phi) is 5.33. The van der Waals surface area contributed by atoms with Gasteiger partial charge in [-0.1, -0.05) is 36.0 Å². The van der Waals surface area contributed by atoms with E-state index in [-0.39, 0.29) is 17.2 Å². The molecule has 2 N–H and O–H groups in total. The van der Waals surface area contributed by atoms with E-state index in [9.17, 15) is 9.59 Å². The number of aromatic amines is 1. The number of hydrogen-bond acceptors (Lipinski definition) is 7. The Bertz CT molecular complexity index is 1500. The zero-order chi connectivity index (χ0) is 22.1. The summed E-state index contributed by atoms with van der Waals surface area (Å²) in [6.07, 6.45) is 1.64. The molecule has 4 heterocycles.